The average Bonchev–Trinajstić information content (AvgIpc) is 2.26. The zero-order valence-corrected chi connectivity index (χ0v) is 10.3. The Labute approximate surface area is 98.8 Å². The normalized spacial score (nSPS) is 20.0. The second kappa shape index (κ2) is 5.10. The van der Waals surface area contributed by atoms with Crippen molar-refractivity contribution in [3.63, 3.8) is 0 Å². The summed E-state index contributed by atoms with van der Waals surface area (Å²) < 4.78 is 1.17. The molecule has 0 aliphatic heterocycles. The van der Waals surface area contributed by atoms with Crippen LogP contribution in [0.4, 0.5) is 0 Å². The third-order valence-electron chi connectivity index (χ3n) is 2.94. The van der Waals surface area contributed by atoms with E-state index >= 15 is 0 Å². The van der Waals surface area contributed by atoms with Gasteiger partial charge in [0.25, 0.3) is 0 Å². The summed E-state index contributed by atoms with van der Waals surface area (Å²) >= 11 is 3.50. The summed E-state index contributed by atoms with van der Waals surface area (Å²) in [6.45, 7) is 0.931. The summed E-state index contributed by atoms with van der Waals surface area (Å²) in [5.41, 5.74) is 2.91. The lowest BCUT2D eigenvalue weighted by Gasteiger charge is -2.25. The molecule has 0 aromatic heterocycles. The van der Waals surface area contributed by atoms with E-state index in [1.807, 2.05) is 0 Å². The standard InChI is InChI=1S/C12H16BrNO/c13-11-3-1-10-8-12(14-5-6-15)4-2-9(10)7-11/h1,3,7,12,14-15H,2,4-6,8H2. The average molecular weight is 270 g/mol. The number of aliphatic hydroxyl groups is 1. The minimum absolute atomic E-state index is 0.226. The zero-order chi connectivity index (χ0) is 10.7. The van der Waals surface area contributed by atoms with E-state index in [4.69, 9.17) is 5.11 Å². The van der Waals surface area contributed by atoms with Gasteiger partial charge in [-0.05, 0) is 42.5 Å². The van der Waals surface area contributed by atoms with Crippen molar-refractivity contribution in [1.29, 1.82) is 0 Å². The van der Waals surface area contributed by atoms with Gasteiger partial charge >= 0.3 is 0 Å². The van der Waals surface area contributed by atoms with Crippen LogP contribution in [0.1, 0.15) is 17.5 Å². The van der Waals surface area contributed by atoms with Gasteiger partial charge in [0.05, 0.1) is 6.61 Å². The Morgan fingerprint density at radius 1 is 1.40 bits per heavy atom. The third-order valence-corrected chi connectivity index (χ3v) is 3.43. The van der Waals surface area contributed by atoms with Crippen molar-refractivity contribution in [1.82, 2.24) is 5.32 Å². The Hall–Kier alpha value is -0.380. The van der Waals surface area contributed by atoms with Gasteiger partial charge in [-0.2, -0.15) is 0 Å². The van der Waals surface area contributed by atoms with Crippen LogP contribution in [0.5, 0.6) is 0 Å². The SMILES string of the molecule is OCCNC1CCc2cc(Br)ccc2C1. The summed E-state index contributed by atoms with van der Waals surface area (Å²) in [4.78, 5) is 0. The second-order valence-electron chi connectivity index (χ2n) is 4.03. The van der Waals surface area contributed by atoms with E-state index in [0.717, 1.165) is 12.8 Å². The van der Waals surface area contributed by atoms with E-state index in [2.05, 4.69) is 39.4 Å². The molecule has 2 rings (SSSR count). The Kier molecular flexibility index (Phi) is 3.78. The highest BCUT2D eigenvalue weighted by atomic mass is 79.9. The number of aryl methyl sites for hydroxylation is 1. The van der Waals surface area contributed by atoms with Crippen molar-refractivity contribution >= 4 is 15.9 Å². The molecule has 0 saturated carbocycles. The maximum Gasteiger partial charge on any atom is 0.0556 e. The molecule has 0 amide bonds. The molecule has 0 bridgehead atoms. The van der Waals surface area contributed by atoms with Gasteiger partial charge in [-0.1, -0.05) is 22.0 Å². The summed E-state index contributed by atoms with van der Waals surface area (Å²) in [6, 6.07) is 7.06. The van der Waals surface area contributed by atoms with Gasteiger partial charge in [-0.15, -0.1) is 0 Å². The topological polar surface area (TPSA) is 32.3 Å². The predicted octanol–water partition coefficient (Wildman–Crippen LogP) is 1.89. The van der Waals surface area contributed by atoms with Crippen molar-refractivity contribution in [3.05, 3.63) is 33.8 Å². The second-order valence-corrected chi connectivity index (χ2v) is 4.95. The van der Waals surface area contributed by atoms with Gasteiger partial charge in [-0.3, -0.25) is 0 Å². The van der Waals surface area contributed by atoms with E-state index in [9.17, 15) is 0 Å². The molecular weight excluding hydrogens is 254 g/mol. The lowest BCUT2D eigenvalue weighted by molar-refractivity contribution is 0.280. The van der Waals surface area contributed by atoms with Crippen molar-refractivity contribution in [2.24, 2.45) is 0 Å². The fourth-order valence-corrected chi connectivity index (χ4v) is 2.58. The van der Waals surface area contributed by atoms with Crippen molar-refractivity contribution in [3.8, 4) is 0 Å². The molecular formula is C12H16BrNO. The number of hydrogen-bond donors (Lipinski definition) is 2. The van der Waals surface area contributed by atoms with Crippen LogP contribution in [-0.4, -0.2) is 24.3 Å². The van der Waals surface area contributed by atoms with Crippen LogP contribution in [0.2, 0.25) is 0 Å². The van der Waals surface area contributed by atoms with E-state index in [-0.39, 0.29) is 6.61 Å². The van der Waals surface area contributed by atoms with E-state index < -0.39 is 0 Å². The predicted molar refractivity (Wildman–Crippen MR) is 65.0 cm³/mol. The zero-order valence-electron chi connectivity index (χ0n) is 8.67. The summed E-state index contributed by atoms with van der Waals surface area (Å²) in [6.07, 6.45) is 3.39. The van der Waals surface area contributed by atoms with Crippen molar-refractivity contribution in [2.75, 3.05) is 13.2 Å². The van der Waals surface area contributed by atoms with Gasteiger partial charge < -0.3 is 10.4 Å². The smallest absolute Gasteiger partial charge is 0.0556 e. The molecule has 0 spiro atoms. The fourth-order valence-electron chi connectivity index (χ4n) is 2.17. The van der Waals surface area contributed by atoms with Crippen molar-refractivity contribution in [2.45, 2.75) is 25.3 Å². The number of hydrogen-bond acceptors (Lipinski definition) is 2. The first kappa shape index (κ1) is 11.1. The Morgan fingerprint density at radius 3 is 3.07 bits per heavy atom. The Balaban J connectivity index is 2.03. The molecule has 1 atom stereocenters. The van der Waals surface area contributed by atoms with Crippen LogP contribution in [0.3, 0.4) is 0 Å². The molecule has 1 unspecified atom stereocenters. The monoisotopic (exact) mass is 269 g/mol. The highest BCUT2D eigenvalue weighted by Crippen LogP contribution is 2.24. The van der Waals surface area contributed by atoms with Crippen LogP contribution >= 0.6 is 15.9 Å². The maximum atomic E-state index is 8.76. The number of aliphatic hydroxyl groups excluding tert-OH is 1. The third kappa shape index (κ3) is 2.80. The number of fused-ring (bicyclic) bond motifs is 1. The van der Waals surface area contributed by atoms with Gasteiger partial charge in [0.1, 0.15) is 0 Å². The molecule has 0 fully saturated rings. The van der Waals surface area contributed by atoms with Crippen LogP contribution in [0, 0.1) is 0 Å². The molecule has 2 nitrogen and oxygen atoms in total. The molecule has 0 saturated heterocycles. The van der Waals surface area contributed by atoms with Crippen LogP contribution < -0.4 is 5.32 Å². The maximum absolute atomic E-state index is 8.76. The summed E-state index contributed by atoms with van der Waals surface area (Å²) in [5.74, 6) is 0. The van der Waals surface area contributed by atoms with Crippen LogP contribution in [0.25, 0.3) is 0 Å². The van der Waals surface area contributed by atoms with Crippen LogP contribution in [-0.2, 0) is 12.8 Å². The van der Waals surface area contributed by atoms with Crippen molar-refractivity contribution < 1.29 is 5.11 Å². The minimum Gasteiger partial charge on any atom is -0.395 e. The highest BCUT2D eigenvalue weighted by Gasteiger charge is 2.17. The Bertz CT molecular complexity index is 340. The van der Waals surface area contributed by atoms with Gasteiger partial charge in [-0.25, -0.2) is 0 Å². The van der Waals surface area contributed by atoms with Gasteiger partial charge in [0.15, 0.2) is 0 Å². The number of nitrogens with one attached hydrogen (secondary N) is 1. The lowest BCUT2D eigenvalue weighted by Crippen LogP contribution is -2.36. The summed E-state index contributed by atoms with van der Waals surface area (Å²) in [5, 5.41) is 12.1. The molecule has 1 aliphatic carbocycles. The molecule has 15 heavy (non-hydrogen) atoms. The number of rotatable bonds is 3. The minimum atomic E-state index is 0.226. The van der Waals surface area contributed by atoms with Gasteiger partial charge in [0, 0.05) is 17.1 Å². The summed E-state index contributed by atoms with van der Waals surface area (Å²) in [7, 11) is 0. The van der Waals surface area contributed by atoms with E-state index in [0.29, 0.717) is 12.6 Å². The molecule has 3 heteroatoms. The van der Waals surface area contributed by atoms with E-state index in [1.165, 1.54) is 22.0 Å². The number of benzene rings is 1. The molecule has 1 aromatic rings. The van der Waals surface area contributed by atoms with Gasteiger partial charge in [0.2, 0.25) is 0 Å². The first-order chi connectivity index (χ1) is 7.29. The molecule has 1 aromatic carbocycles. The first-order valence-corrected chi connectivity index (χ1v) is 6.20. The molecule has 0 heterocycles. The highest BCUT2D eigenvalue weighted by molar-refractivity contribution is 9.10. The molecule has 0 radical (unpaired) electrons. The first-order valence-electron chi connectivity index (χ1n) is 5.41. The largest absolute Gasteiger partial charge is 0.395 e. The molecule has 82 valence electrons. The molecule has 2 N–H and O–H groups in total. The Morgan fingerprint density at radius 2 is 2.27 bits per heavy atom. The van der Waals surface area contributed by atoms with E-state index in [1.54, 1.807) is 0 Å². The molecule has 1 aliphatic rings. The number of halogens is 1. The quantitative estimate of drug-likeness (QED) is 0.879. The fraction of sp³-hybridized carbons (Fsp3) is 0.500. The lowest BCUT2D eigenvalue weighted by atomic mass is 9.88. The van der Waals surface area contributed by atoms with Crippen LogP contribution in [0.15, 0.2) is 22.7 Å².